The molecule has 0 saturated heterocycles. The Morgan fingerprint density at radius 3 is 2.43 bits per heavy atom. The van der Waals surface area contributed by atoms with Gasteiger partial charge in [0.15, 0.2) is 0 Å². The highest BCUT2D eigenvalue weighted by Gasteiger charge is 1.78. The fraction of sp³-hybridized carbons (Fsp3) is 0. The monoisotopic (exact) mass is 121 g/mol. The normalized spacial score (nSPS) is 7.57. The third kappa shape index (κ3) is 1.59. The molecule has 3 heteroatoms. The average molecular weight is 122 g/mol. The van der Waals surface area contributed by atoms with Crippen molar-refractivity contribution in [2.24, 2.45) is 0 Å². The lowest BCUT2D eigenvalue weighted by Crippen LogP contribution is -1.51. The number of hydrogen-bond acceptors (Lipinski definition) is 0. The van der Waals surface area contributed by atoms with Crippen LogP contribution in [0.25, 0.3) is 0 Å². The number of H-pyrrole nitrogens is 1. The van der Waals surface area contributed by atoms with E-state index < -0.39 is 0 Å². The van der Waals surface area contributed by atoms with Crippen molar-refractivity contribution in [3.63, 3.8) is 0 Å². The van der Waals surface area contributed by atoms with E-state index in [1.165, 1.54) is 18.5 Å². The lowest BCUT2D eigenvalue weighted by Gasteiger charge is -1.60. The number of aromatic amines is 1. The van der Waals surface area contributed by atoms with E-state index in [-0.39, 0.29) is 18.2 Å². The van der Waals surface area contributed by atoms with Crippen LogP contribution in [0, 0.1) is 5.82 Å². The lowest BCUT2D eigenvalue weighted by atomic mass is 10.6. The molecule has 40 valence electrons. The predicted molar refractivity (Wildman–Crippen MR) is 28.0 cm³/mol. The first-order chi connectivity index (χ1) is 2.89. The number of halogens is 2. The van der Waals surface area contributed by atoms with E-state index >= 15 is 0 Å². The van der Waals surface area contributed by atoms with Crippen molar-refractivity contribution in [2.75, 3.05) is 0 Å². The molecule has 0 saturated carbocycles. The van der Waals surface area contributed by atoms with Crippen LogP contribution in [-0.2, 0) is 0 Å². The number of hydrogen-bond donors (Lipinski definition) is 1. The maximum Gasteiger partial charge on any atom is 0.140 e. The first-order valence-electron chi connectivity index (χ1n) is 1.68. The van der Waals surface area contributed by atoms with Gasteiger partial charge < -0.3 is 4.98 Å². The highest BCUT2D eigenvalue weighted by Crippen LogP contribution is 1.88. The Bertz CT molecular complexity index is 115. The molecule has 0 unspecified atom stereocenters. The molecule has 0 radical (unpaired) electrons. The van der Waals surface area contributed by atoms with Crippen molar-refractivity contribution >= 4 is 12.4 Å². The van der Waals surface area contributed by atoms with Crippen LogP contribution in [0.4, 0.5) is 4.39 Å². The van der Waals surface area contributed by atoms with Gasteiger partial charge in [0.05, 0.1) is 0 Å². The minimum absolute atomic E-state index is 0. The fourth-order valence-electron chi connectivity index (χ4n) is 0.304. The molecule has 0 amide bonds. The molecular weight excluding hydrogens is 117 g/mol. The van der Waals surface area contributed by atoms with E-state index in [9.17, 15) is 4.39 Å². The van der Waals surface area contributed by atoms with Gasteiger partial charge in [-0.2, -0.15) is 0 Å². The topological polar surface area (TPSA) is 15.8 Å². The third-order valence-corrected chi connectivity index (χ3v) is 0.560. The highest BCUT2D eigenvalue weighted by molar-refractivity contribution is 5.85. The summed E-state index contributed by atoms with van der Waals surface area (Å²) < 4.78 is 11.6. The van der Waals surface area contributed by atoms with E-state index in [0.29, 0.717) is 0 Å². The van der Waals surface area contributed by atoms with Gasteiger partial charge in [0.1, 0.15) is 5.82 Å². The van der Waals surface area contributed by atoms with Gasteiger partial charge in [0.25, 0.3) is 0 Å². The van der Waals surface area contributed by atoms with Gasteiger partial charge in [-0.15, -0.1) is 12.4 Å². The minimum atomic E-state index is -0.213. The molecule has 0 fully saturated rings. The molecule has 0 aliphatic rings. The first kappa shape index (κ1) is 6.50. The summed E-state index contributed by atoms with van der Waals surface area (Å²) in [6, 6.07) is 1.36. The molecule has 7 heavy (non-hydrogen) atoms. The van der Waals surface area contributed by atoms with Gasteiger partial charge in [0.2, 0.25) is 0 Å². The summed E-state index contributed by atoms with van der Waals surface area (Å²) in [5, 5.41) is 0. The van der Waals surface area contributed by atoms with Gasteiger partial charge in [0, 0.05) is 12.4 Å². The SMILES string of the molecule is Cl.Fc1cc[nH]c1. The van der Waals surface area contributed by atoms with Crippen molar-refractivity contribution in [1.82, 2.24) is 4.98 Å². The number of rotatable bonds is 0. The molecule has 0 aliphatic carbocycles. The van der Waals surface area contributed by atoms with Gasteiger partial charge >= 0.3 is 0 Å². The zero-order chi connectivity index (χ0) is 4.41. The van der Waals surface area contributed by atoms with Crippen LogP contribution < -0.4 is 0 Å². The second kappa shape index (κ2) is 2.64. The maximum absolute atomic E-state index is 11.6. The molecule has 0 aromatic carbocycles. The molecule has 1 nitrogen and oxygen atoms in total. The minimum Gasteiger partial charge on any atom is -0.365 e. The van der Waals surface area contributed by atoms with Crippen molar-refractivity contribution in [3.05, 3.63) is 24.3 Å². The summed E-state index contributed by atoms with van der Waals surface area (Å²) in [7, 11) is 0. The quantitative estimate of drug-likeness (QED) is 0.537. The van der Waals surface area contributed by atoms with E-state index in [0.717, 1.165) is 0 Å². The zero-order valence-electron chi connectivity index (χ0n) is 3.52. The molecule has 0 aliphatic heterocycles. The second-order valence-corrected chi connectivity index (χ2v) is 1.03. The first-order valence-corrected chi connectivity index (χ1v) is 1.68. The van der Waals surface area contributed by atoms with Crippen molar-refractivity contribution < 1.29 is 4.39 Å². The Kier molecular flexibility index (Phi) is 2.45. The Balaban J connectivity index is 0.000000360. The zero-order valence-corrected chi connectivity index (χ0v) is 4.33. The molecule has 0 spiro atoms. The van der Waals surface area contributed by atoms with Gasteiger partial charge in [-0.05, 0) is 6.07 Å². The summed E-state index contributed by atoms with van der Waals surface area (Å²) in [6.45, 7) is 0. The average Bonchev–Trinajstić information content (AvgIpc) is 1.86. The van der Waals surface area contributed by atoms with E-state index in [1.54, 1.807) is 0 Å². The van der Waals surface area contributed by atoms with Crippen LogP contribution in [0.3, 0.4) is 0 Å². The van der Waals surface area contributed by atoms with Crippen LogP contribution in [0.1, 0.15) is 0 Å². The summed E-state index contributed by atoms with van der Waals surface area (Å²) in [4.78, 5) is 2.55. The van der Waals surface area contributed by atoms with E-state index in [2.05, 4.69) is 4.98 Å². The number of nitrogens with one attached hydrogen (secondary N) is 1. The Labute approximate surface area is 47.0 Å². The third-order valence-electron chi connectivity index (χ3n) is 0.560. The lowest BCUT2D eigenvalue weighted by molar-refractivity contribution is 0.630. The molecular formula is C4H5ClFN. The van der Waals surface area contributed by atoms with Crippen molar-refractivity contribution in [3.8, 4) is 0 Å². The molecule has 1 aromatic rings. The molecule has 0 atom stereocenters. The molecule has 1 aromatic heterocycles. The van der Waals surface area contributed by atoms with Crippen LogP contribution in [0.15, 0.2) is 18.5 Å². The summed E-state index contributed by atoms with van der Waals surface area (Å²) in [5.74, 6) is -0.213. The van der Waals surface area contributed by atoms with Crippen LogP contribution in [-0.4, -0.2) is 4.98 Å². The number of aromatic nitrogens is 1. The van der Waals surface area contributed by atoms with E-state index in [4.69, 9.17) is 0 Å². The molecule has 1 rings (SSSR count). The maximum atomic E-state index is 11.6. The molecule has 1 heterocycles. The van der Waals surface area contributed by atoms with Crippen molar-refractivity contribution in [2.45, 2.75) is 0 Å². The van der Waals surface area contributed by atoms with Gasteiger partial charge in [-0.3, -0.25) is 0 Å². The smallest absolute Gasteiger partial charge is 0.140 e. The predicted octanol–water partition coefficient (Wildman–Crippen LogP) is 1.58. The molecule has 1 N–H and O–H groups in total. The van der Waals surface area contributed by atoms with Crippen LogP contribution in [0.2, 0.25) is 0 Å². The standard InChI is InChI=1S/C4H4FN.ClH/c5-4-1-2-6-3-4;/h1-3,6H;1H. The van der Waals surface area contributed by atoms with E-state index in [1.807, 2.05) is 0 Å². The Morgan fingerprint density at radius 2 is 2.29 bits per heavy atom. The highest BCUT2D eigenvalue weighted by atomic mass is 35.5. The summed E-state index contributed by atoms with van der Waals surface area (Å²) in [5.41, 5.74) is 0. The molecule has 0 bridgehead atoms. The van der Waals surface area contributed by atoms with Crippen LogP contribution >= 0.6 is 12.4 Å². The largest absolute Gasteiger partial charge is 0.365 e. The fourth-order valence-corrected chi connectivity index (χ4v) is 0.304. The Hall–Kier alpha value is -0.500. The van der Waals surface area contributed by atoms with Gasteiger partial charge in [-0.25, -0.2) is 4.39 Å². The van der Waals surface area contributed by atoms with Crippen molar-refractivity contribution in [1.29, 1.82) is 0 Å². The second-order valence-electron chi connectivity index (χ2n) is 1.03. The summed E-state index contributed by atoms with van der Waals surface area (Å²) >= 11 is 0. The van der Waals surface area contributed by atoms with Gasteiger partial charge in [-0.1, -0.05) is 0 Å². The Morgan fingerprint density at radius 1 is 1.57 bits per heavy atom. The van der Waals surface area contributed by atoms with Crippen LogP contribution in [0.5, 0.6) is 0 Å². The summed E-state index contributed by atoms with van der Waals surface area (Å²) in [6.07, 6.45) is 2.83.